The van der Waals surface area contributed by atoms with Crippen LogP contribution in [-0.4, -0.2) is 41.9 Å². The summed E-state index contributed by atoms with van der Waals surface area (Å²) in [5.41, 5.74) is 3.27. The summed E-state index contributed by atoms with van der Waals surface area (Å²) in [7, 11) is 1.61. The van der Waals surface area contributed by atoms with Crippen LogP contribution in [0, 0.1) is 5.92 Å². The number of piperidine rings is 1. The topological polar surface area (TPSA) is 74.3 Å². The molecule has 1 saturated carbocycles. The number of amides is 1. The van der Waals surface area contributed by atoms with Crippen LogP contribution in [0.25, 0.3) is 0 Å². The van der Waals surface area contributed by atoms with Crippen molar-refractivity contribution < 1.29 is 19.5 Å². The lowest BCUT2D eigenvalue weighted by atomic mass is 9.52. The third-order valence-electron chi connectivity index (χ3n) is 7.79. The van der Waals surface area contributed by atoms with Crippen LogP contribution in [0.4, 0.5) is 0 Å². The summed E-state index contributed by atoms with van der Waals surface area (Å²) in [6.07, 6.45) is 4.60. The molecular formula is C24H26N2O4. The maximum Gasteiger partial charge on any atom is 0.251 e. The Morgan fingerprint density at radius 3 is 3.07 bits per heavy atom. The Labute approximate surface area is 175 Å². The first-order valence-electron chi connectivity index (χ1n) is 10.8. The fourth-order valence-electron chi connectivity index (χ4n) is 6.40. The molecule has 6 rings (SSSR count). The SMILES string of the molecule is COc1cccc(C(=O)N[C@@H]2CC[C@H]3[C@H]4Cc5c(ccc6c5O6)[C@@]3(CCN4O)C2)c1. The summed E-state index contributed by atoms with van der Waals surface area (Å²) in [5, 5.41) is 15.5. The molecule has 4 aliphatic rings. The number of fused-ring (bicyclic) bond motifs is 3. The highest BCUT2D eigenvalue weighted by Crippen LogP contribution is 2.61. The molecule has 2 bridgehead atoms. The summed E-state index contributed by atoms with van der Waals surface area (Å²) in [5.74, 6) is 3.04. The molecule has 1 amide bonds. The minimum atomic E-state index is -0.0513. The number of nitrogens with one attached hydrogen (secondary N) is 1. The van der Waals surface area contributed by atoms with Gasteiger partial charge in [-0.2, -0.15) is 5.06 Å². The van der Waals surface area contributed by atoms with Crippen LogP contribution in [0.1, 0.15) is 47.2 Å². The van der Waals surface area contributed by atoms with Gasteiger partial charge in [0.15, 0.2) is 11.5 Å². The van der Waals surface area contributed by atoms with Gasteiger partial charge in [-0.1, -0.05) is 12.1 Å². The van der Waals surface area contributed by atoms with E-state index in [0.29, 0.717) is 23.8 Å². The smallest absolute Gasteiger partial charge is 0.251 e. The van der Waals surface area contributed by atoms with Gasteiger partial charge in [-0.3, -0.25) is 4.79 Å². The van der Waals surface area contributed by atoms with E-state index < -0.39 is 0 Å². The van der Waals surface area contributed by atoms with E-state index in [0.717, 1.165) is 43.6 Å². The van der Waals surface area contributed by atoms with Gasteiger partial charge < -0.3 is 20.0 Å². The van der Waals surface area contributed by atoms with Crippen LogP contribution in [-0.2, 0) is 11.8 Å². The molecule has 1 saturated heterocycles. The molecule has 0 aromatic heterocycles. The van der Waals surface area contributed by atoms with Crippen LogP contribution < -0.4 is 14.8 Å². The Kier molecular flexibility index (Phi) is 3.92. The fourth-order valence-corrected chi connectivity index (χ4v) is 6.40. The minimum absolute atomic E-state index is 0.0109. The fraction of sp³-hybridized carbons (Fsp3) is 0.458. The largest absolute Gasteiger partial charge is 0.497 e. The summed E-state index contributed by atoms with van der Waals surface area (Å²) in [6, 6.07) is 11.9. The van der Waals surface area contributed by atoms with Crippen molar-refractivity contribution in [1.82, 2.24) is 10.4 Å². The highest BCUT2D eigenvalue weighted by molar-refractivity contribution is 5.94. The second kappa shape index (κ2) is 6.46. The summed E-state index contributed by atoms with van der Waals surface area (Å²) in [4.78, 5) is 12.9. The first kappa shape index (κ1) is 18.2. The Bertz CT molecular complexity index is 1040. The first-order chi connectivity index (χ1) is 14.6. The average Bonchev–Trinajstić information content (AvgIpc) is 3.56. The number of nitrogens with zero attached hydrogens (tertiary/aromatic N) is 1. The molecule has 30 heavy (non-hydrogen) atoms. The van der Waals surface area contributed by atoms with Crippen LogP contribution in [0.2, 0.25) is 0 Å². The molecule has 2 aliphatic heterocycles. The molecule has 2 heterocycles. The lowest BCUT2D eigenvalue weighted by molar-refractivity contribution is -0.188. The molecule has 0 unspecified atom stereocenters. The van der Waals surface area contributed by atoms with Crippen molar-refractivity contribution in [2.75, 3.05) is 13.7 Å². The number of rotatable bonds is 3. The Hall–Kier alpha value is -2.57. The Balaban J connectivity index is 1.30. The monoisotopic (exact) mass is 406 g/mol. The summed E-state index contributed by atoms with van der Waals surface area (Å²) >= 11 is 0. The van der Waals surface area contributed by atoms with Gasteiger partial charge in [0.25, 0.3) is 5.91 Å². The summed E-state index contributed by atoms with van der Waals surface area (Å²) < 4.78 is 11.0. The van der Waals surface area contributed by atoms with Gasteiger partial charge in [-0.15, -0.1) is 0 Å². The van der Waals surface area contributed by atoms with Gasteiger partial charge in [0.1, 0.15) is 5.75 Å². The van der Waals surface area contributed by atoms with E-state index in [1.54, 1.807) is 18.2 Å². The lowest BCUT2D eigenvalue weighted by Gasteiger charge is -2.58. The Morgan fingerprint density at radius 2 is 2.20 bits per heavy atom. The predicted molar refractivity (Wildman–Crippen MR) is 110 cm³/mol. The molecule has 6 nitrogen and oxygen atoms in total. The molecule has 6 heteroatoms. The number of benzene rings is 2. The highest BCUT2D eigenvalue weighted by Gasteiger charge is 2.57. The molecule has 2 aromatic carbocycles. The highest BCUT2D eigenvalue weighted by atomic mass is 16.6. The van der Waals surface area contributed by atoms with Crippen LogP contribution >= 0.6 is 0 Å². The number of ether oxygens (including phenoxy) is 2. The number of carbonyl (C=O) groups excluding carboxylic acids is 1. The molecule has 2 fully saturated rings. The zero-order valence-corrected chi connectivity index (χ0v) is 17.1. The molecule has 0 spiro atoms. The minimum Gasteiger partial charge on any atom is -0.497 e. The molecule has 0 radical (unpaired) electrons. The van der Waals surface area contributed by atoms with Crippen molar-refractivity contribution in [3.8, 4) is 17.2 Å². The second-order valence-electron chi connectivity index (χ2n) is 9.15. The zero-order chi connectivity index (χ0) is 20.5. The summed E-state index contributed by atoms with van der Waals surface area (Å²) in [6.45, 7) is 0.676. The van der Waals surface area contributed by atoms with Crippen LogP contribution in [0.15, 0.2) is 36.4 Å². The van der Waals surface area contributed by atoms with Crippen molar-refractivity contribution >= 4 is 5.91 Å². The normalized spacial score (nSPS) is 30.9. The van der Waals surface area contributed by atoms with Crippen molar-refractivity contribution in [2.45, 2.75) is 49.6 Å². The third-order valence-corrected chi connectivity index (χ3v) is 7.79. The van der Waals surface area contributed by atoms with E-state index in [9.17, 15) is 10.0 Å². The lowest BCUT2D eigenvalue weighted by Crippen LogP contribution is -2.62. The number of hydroxylamine groups is 2. The van der Waals surface area contributed by atoms with E-state index in [1.165, 1.54) is 11.1 Å². The van der Waals surface area contributed by atoms with Gasteiger partial charge in [-0.25, -0.2) is 0 Å². The number of methoxy groups -OCH3 is 1. The van der Waals surface area contributed by atoms with E-state index in [2.05, 4.69) is 17.4 Å². The van der Waals surface area contributed by atoms with Crippen molar-refractivity contribution in [3.63, 3.8) is 0 Å². The van der Waals surface area contributed by atoms with Gasteiger partial charge >= 0.3 is 0 Å². The van der Waals surface area contributed by atoms with Crippen LogP contribution in [0.5, 0.6) is 17.2 Å². The van der Waals surface area contributed by atoms with Crippen molar-refractivity contribution in [1.29, 1.82) is 0 Å². The molecule has 2 aliphatic carbocycles. The maximum absolute atomic E-state index is 12.9. The van der Waals surface area contributed by atoms with E-state index >= 15 is 0 Å². The van der Waals surface area contributed by atoms with E-state index in [-0.39, 0.29) is 23.4 Å². The van der Waals surface area contributed by atoms with Gasteiger partial charge in [0, 0.05) is 35.2 Å². The van der Waals surface area contributed by atoms with E-state index in [1.807, 2.05) is 18.2 Å². The van der Waals surface area contributed by atoms with Gasteiger partial charge in [0.05, 0.1) is 7.11 Å². The molecule has 2 aromatic rings. The average molecular weight is 406 g/mol. The first-order valence-corrected chi connectivity index (χ1v) is 10.8. The maximum atomic E-state index is 12.9. The number of hydrogen-bond donors (Lipinski definition) is 2. The van der Waals surface area contributed by atoms with Crippen LogP contribution in [0.3, 0.4) is 0 Å². The predicted octanol–water partition coefficient (Wildman–Crippen LogP) is 3.66. The van der Waals surface area contributed by atoms with E-state index in [4.69, 9.17) is 9.47 Å². The second-order valence-corrected chi connectivity index (χ2v) is 9.15. The number of hydrogen-bond acceptors (Lipinski definition) is 5. The Morgan fingerprint density at radius 1 is 1.30 bits per heavy atom. The van der Waals surface area contributed by atoms with Crippen molar-refractivity contribution in [3.05, 3.63) is 53.1 Å². The molecule has 156 valence electrons. The van der Waals surface area contributed by atoms with Crippen molar-refractivity contribution in [2.24, 2.45) is 5.92 Å². The quantitative estimate of drug-likeness (QED) is 0.650. The zero-order valence-electron chi connectivity index (χ0n) is 17.1. The standard InChI is InChI=1S/C24H26N2O4/c1-29-16-4-2-3-14(11-16)23(27)25-15-5-6-19-20-12-17-18(7-8-21-22(17)30-21)24(19,13-15)9-10-26(20)28/h2-4,7-8,11,15,19-20,28H,5-6,9-10,12-13H2,1H3,(H,25,27)/t15-,19+,20-,24-/m1/s1. The van der Waals surface area contributed by atoms with Gasteiger partial charge in [0.2, 0.25) is 0 Å². The molecular weight excluding hydrogens is 380 g/mol. The van der Waals surface area contributed by atoms with Gasteiger partial charge in [-0.05, 0) is 67.9 Å². The number of carbonyl (C=O) groups is 1. The third kappa shape index (κ3) is 2.60. The molecule has 2 N–H and O–H groups in total. The molecule has 4 atom stereocenters.